The molecular weight excluding hydrogens is 416 g/mol. The van der Waals surface area contributed by atoms with E-state index in [9.17, 15) is 4.79 Å². The van der Waals surface area contributed by atoms with E-state index >= 15 is 0 Å². The fourth-order valence-electron chi connectivity index (χ4n) is 2.50. The first-order valence-electron chi connectivity index (χ1n) is 8.23. The first-order valence-corrected chi connectivity index (χ1v) is 9.49. The summed E-state index contributed by atoms with van der Waals surface area (Å²) < 4.78 is 5.94. The van der Waals surface area contributed by atoms with Gasteiger partial charge in [0.2, 0.25) is 11.6 Å². The average molecular weight is 429 g/mol. The molecule has 1 amide bonds. The Bertz CT molecular complexity index is 1180. The van der Waals surface area contributed by atoms with Gasteiger partial charge in [-0.05, 0) is 46.4 Å². The summed E-state index contributed by atoms with van der Waals surface area (Å²) in [4.78, 5) is 13.5. The molecule has 3 aromatic heterocycles. The third-order valence-electron chi connectivity index (χ3n) is 3.92. The van der Waals surface area contributed by atoms with Crippen molar-refractivity contribution in [2.75, 3.05) is 5.73 Å². The highest BCUT2D eigenvalue weighted by molar-refractivity contribution is 7.13. The van der Waals surface area contributed by atoms with Crippen LogP contribution in [0.3, 0.4) is 0 Å². The largest absolute Gasteiger partial charge is 0.378 e. The van der Waals surface area contributed by atoms with Crippen LogP contribution in [0, 0.1) is 0 Å². The fraction of sp³-hybridized carbons (Fsp3) is 0.0588. The van der Waals surface area contributed by atoms with Crippen LogP contribution >= 0.6 is 22.9 Å². The molecule has 0 saturated carbocycles. The van der Waals surface area contributed by atoms with Crippen LogP contribution in [-0.2, 0) is 0 Å². The molecule has 3 N–H and O–H groups in total. The van der Waals surface area contributed by atoms with E-state index in [2.05, 4.69) is 35.8 Å². The summed E-state index contributed by atoms with van der Waals surface area (Å²) in [5.74, 6) is -0.375. The van der Waals surface area contributed by atoms with Crippen molar-refractivity contribution in [1.82, 2.24) is 30.7 Å². The van der Waals surface area contributed by atoms with Crippen LogP contribution in [0.15, 0.2) is 51.5 Å². The maximum absolute atomic E-state index is 12.8. The van der Waals surface area contributed by atoms with Crippen molar-refractivity contribution < 1.29 is 9.42 Å². The molecule has 0 bridgehead atoms. The summed E-state index contributed by atoms with van der Waals surface area (Å²) in [6.07, 6.45) is 0. The molecule has 12 heteroatoms. The SMILES string of the molecule is C/C(=N/NC(=O)c1nnn(-c2nonc2N)c1-c1cccs1)c1ccc(Cl)cc1. The van der Waals surface area contributed by atoms with Crippen molar-refractivity contribution in [3.05, 3.63) is 58.1 Å². The second-order valence-corrected chi connectivity index (χ2v) is 7.18. The Morgan fingerprint density at radius 2 is 2.07 bits per heavy atom. The standard InChI is InChI=1S/C17H13ClN8O2S/c1-9(10-4-6-11(18)7-5-10)20-22-17(27)13-14(12-3-2-8-29-12)26(25-21-13)16-15(19)23-28-24-16/h2-8H,1H3,(H2,19,23)(H,22,27)/b20-9-. The summed E-state index contributed by atoms with van der Waals surface area (Å²) in [5, 5.41) is 21.9. The van der Waals surface area contributed by atoms with E-state index in [0.29, 0.717) is 16.4 Å². The number of carbonyl (C=O) groups excluding carboxylic acids is 1. The number of carbonyl (C=O) groups is 1. The summed E-state index contributed by atoms with van der Waals surface area (Å²) in [7, 11) is 0. The maximum Gasteiger partial charge on any atom is 0.294 e. The van der Waals surface area contributed by atoms with E-state index in [1.807, 2.05) is 17.5 Å². The van der Waals surface area contributed by atoms with Gasteiger partial charge < -0.3 is 5.73 Å². The molecule has 10 nitrogen and oxygen atoms in total. The van der Waals surface area contributed by atoms with E-state index < -0.39 is 5.91 Å². The number of nitrogen functional groups attached to an aromatic ring is 1. The van der Waals surface area contributed by atoms with Gasteiger partial charge in [-0.15, -0.1) is 16.4 Å². The zero-order valence-electron chi connectivity index (χ0n) is 14.9. The van der Waals surface area contributed by atoms with Crippen LogP contribution in [-0.4, -0.2) is 36.9 Å². The zero-order valence-corrected chi connectivity index (χ0v) is 16.5. The summed E-state index contributed by atoms with van der Waals surface area (Å²) >= 11 is 7.30. The lowest BCUT2D eigenvalue weighted by Crippen LogP contribution is -2.20. The minimum atomic E-state index is -0.539. The topological polar surface area (TPSA) is 137 Å². The fourth-order valence-corrected chi connectivity index (χ4v) is 3.38. The number of hydrogen-bond donors (Lipinski definition) is 2. The van der Waals surface area contributed by atoms with Crippen LogP contribution in [0.4, 0.5) is 5.82 Å². The lowest BCUT2D eigenvalue weighted by molar-refractivity contribution is 0.0950. The van der Waals surface area contributed by atoms with Crippen LogP contribution in [0.25, 0.3) is 16.4 Å². The Morgan fingerprint density at radius 3 is 2.72 bits per heavy atom. The number of rotatable bonds is 5. The molecule has 0 saturated heterocycles. The van der Waals surface area contributed by atoms with E-state index in [1.54, 1.807) is 31.2 Å². The van der Waals surface area contributed by atoms with Gasteiger partial charge in [0.05, 0.1) is 10.6 Å². The molecule has 0 aliphatic heterocycles. The number of thiophene rings is 1. The molecule has 0 aliphatic rings. The molecular formula is C17H13ClN8O2S. The highest BCUT2D eigenvalue weighted by Crippen LogP contribution is 2.29. The molecule has 0 radical (unpaired) electrons. The smallest absolute Gasteiger partial charge is 0.294 e. The number of aromatic nitrogens is 5. The third kappa shape index (κ3) is 3.73. The molecule has 146 valence electrons. The Kier molecular flexibility index (Phi) is 5.06. The van der Waals surface area contributed by atoms with Crippen LogP contribution in [0.1, 0.15) is 23.0 Å². The Balaban J connectivity index is 1.67. The Hall–Kier alpha value is -3.57. The second kappa shape index (κ2) is 7.81. The molecule has 0 atom stereocenters. The number of nitrogens with one attached hydrogen (secondary N) is 1. The minimum absolute atomic E-state index is 0.0243. The van der Waals surface area contributed by atoms with Gasteiger partial charge in [-0.2, -0.15) is 9.78 Å². The number of benzene rings is 1. The van der Waals surface area contributed by atoms with Gasteiger partial charge in [0.1, 0.15) is 5.69 Å². The lowest BCUT2D eigenvalue weighted by atomic mass is 10.1. The number of nitrogens with zero attached hydrogens (tertiary/aromatic N) is 6. The van der Waals surface area contributed by atoms with E-state index in [0.717, 1.165) is 10.4 Å². The predicted octanol–water partition coefficient (Wildman–Crippen LogP) is 2.77. The summed E-state index contributed by atoms with van der Waals surface area (Å²) in [6.45, 7) is 1.77. The molecule has 3 heterocycles. The monoisotopic (exact) mass is 428 g/mol. The van der Waals surface area contributed by atoms with E-state index in [4.69, 9.17) is 17.3 Å². The number of amides is 1. The number of hydrazone groups is 1. The quantitative estimate of drug-likeness (QED) is 0.368. The Morgan fingerprint density at radius 1 is 1.28 bits per heavy atom. The Labute approximate surface area is 172 Å². The van der Waals surface area contributed by atoms with Gasteiger partial charge in [-0.3, -0.25) is 4.79 Å². The molecule has 4 aromatic rings. The van der Waals surface area contributed by atoms with Gasteiger partial charge in [-0.1, -0.05) is 35.0 Å². The summed E-state index contributed by atoms with van der Waals surface area (Å²) in [6, 6.07) is 10.8. The van der Waals surface area contributed by atoms with Crippen molar-refractivity contribution in [1.29, 1.82) is 0 Å². The number of nitrogens with two attached hydrogens (primary N) is 1. The van der Waals surface area contributed by atoms with Gasteiger partial charge in [0, 0.05) is 5.02 Å². The highest BCUT2D eigenvalue weighted by atomic mass is 35.5. The first kappa shape index (κ1) is 18.8. The molecule has 0 spiro atoms. The summed E-state index contributed by atoms with van der Waals surface area (Å²) in [5.41, 5.74) is 10.2. The maximum atomic E-state index is 12.8. The van der Waals surface area contributed by atoms with Crippen LogP contribution in [0.5, 0.6) is 0 Å². The van der Waals surface area contributed by atoms with E-state index in [1.165, 1.54) is 16.0 Å². The number of halogens is 1. The van der Waals surface area contributed by atoms with Crippen molar-refractivity contribution in [2.45, 2.75) is 6.92 Å². The molecule has 0 fully saturated rings. The number of anilines is 1. The van der Waals surface area contributed by atoms with Gasteiger partial charge in [-0.25, -0.2) is 10.1 Å². The number of hydrogen-bond acceptors (Lipinski definition) is 9. The van der Waals surface area contributed by atoms with Crippen molar-refractivity contribution in [3.63, 3.8) is 0 Å². The lowest BCUT2D eigenvalue weighted by Gasteiger charge is -2.04. The molecule has 0 unspecified atom stereocenters. The third-order valence-corrected chi connectivity index (χ3v) is 5.05. The van der Waals surface area contributed by atoms with Crippen molar-refractivity contribution in [3.8, 4) is 16.4 Å². The molecule has 1 aromatic carbocycles. The van der Waals surface area contributed by atoms with E-state index in [-0.39, 0.29) is 17.3 Å². The van der Waals surface area contributed by atoms with Crippen molar-refractivity contribution in [2.24, 2.45) is 5.10 Å². The van der Waals surface area contributed by atoms with Crippen LogP contribution < -0.4 is 11.2 Å². The van der Waals surface area contributed by atoms with Crippen molar-refractivity contribution >= 4 is 40.4 Å². The average Bonchev–Trinajstić information content (AvgIpc) is 3.46. The highest BCUT2D eigenvalue weighted by Gasteiger charge is 2.25. The molecule has 0 aliphatic carbocycles. The minimum Gasteiger partial charge on any atom is -0.378 e. The molecule has 4 rings (SSSR count). The van der Waals surface area contributed by atoms with Gasteiger partial charge >= 0.3 is 0 Å². The van der Waals surface area contributed by atoms with Gasteiger partial charge in [0.15, 0.2) is 5.69 Å². The second-order valence-electron chi connectivity index (χ2n) is 5.79. The normalized spacial score (nSPS) is 11.6. The zero-order chi connectivity index (χ0) is 20.4. The predicted molar refractivity (Wildman–Crippen MR) is 108 cm³/mol. The first-order chi connectivity index (χ1) is 14.0. The van der Waals surface area contributed by atoms with Gasteiger partial charge in [0.25, 0.3) is 5.91 Å². The molecule has 29 heavy (non-hydrogen) atoms. The van der Waals surface area contributed by atoms with Crippen LogP contribution in [0.2, 0.25) is 5.02 Å².